The highest BCUT2D eigenvalue weighted by Crippen LogP contribution is 2.24. The van der Waals surface area contributed by atoms with E-state index in [-0.39, 0.29) is 5.91 Å². The third kappa shape index (κ3) is 2.95. The number of anilines is 1. The zero-order valence-electron chi connectivity index (χ0n) is 11.9. The Morgan fingerprint density at radius 1 is 1.29 bits per heavy atom. The summed E-state index contributed by atoms with van der Waals surface area (Å²) in [5, 5.41) is 3.31. The van der Waals surface area contributed by atoms with E-state index in [1.54, 1.807) is 4.90 Å². The second-order valence-electron chi connectivity index (χ2n) is 5.30. The van der Waals surface area contributed by atoms with Gasteiger partial charge in [-0.3, -0.25) is 4.79 Å². The summed E-state index contributed by atoms with van der Waals surface area (Å²) < 4.78 is 1.03. The van der Waals surface area contributed by atoms with Crippen molar-refractivity contribution in [3.05, 3.63) is 63.6 Å². The fraction of sp³-hybridized carbons (Fsp3) is 0.235. The second-order valence-corrected chi connectivity index (χ2v) is 6.16. The van der Waals surface area contributed by atoms with Gasteiger partial charge in [-0.25, -0.2) is 0 Å². The number of benzene rings is 2. The largest absolute Gasteiger partial charge is 0.384 e. The molecule has 0 saturated carbocycles. The monoisotopic (exact) mass is 344 g/mol. The van der Waals surface area contributed by atoms with Crippen LogP contribution in [0.4, 0.5) is 5.69 Å². The molecule has 3 rings (SSSR count). The van der Waals surface area contributed by atoms with E-state index in [1.807, 2.05) is 49.5 Å². The van der Waals surface area contributed by atoms with Crippen molar-refractivity contribution in [3.8, 4) is 0 Å². The maximum Gasteiger partial charge on any atom is 0.253 e. The predicted molar refractivity (Wildman–Crippen MR) is 88.6 cm³/mol. The number of fused-ring (bicyclic) bond motifs is 1. The van der Waals surface area contributed by atoms with Gasteiger partial charge in [0.15, 0.2) is 0 Å². The van der Waals surface area contributed by atoms with Gasteiger partial charge >= 0.3 is 0 Å². The maximum absolute atomic E-state index is 12.6. The molecule has 1 aliphatic rings. The van der Waals surface area contributed by atoms with E-state index in [4.69, 9.17) is 0 Å². The number of amides is 1. The van der Waals surface area contributed by atoms with Crippen molar-refractivity contribution in [3.63, 3.8) is 0 Å². The topological polar surface area (TPSA) is 32.3 Å². The third-order valence-corrected chi connectivity index (χ3v) is 4.55. The molecular formula is C17H17BrN2O. The summed E-state index contributed by atoms with van der Waals surface area (Å²) in [6.07, 6.45) is 0.990. The molecule has 1 aliphatic heterocycles. The van der Waals surface area contributed by atoms with Gasteiger partial charge in [0.2, 0.25) is 0 Å². The fourth-order valence-electron chi connectivity index (χ4n) is 2.61. The number of rotatable bonds is 3. The van der Waals surface area contributed by atoms with Gasteiger partial charge in [0.1, 0.15) is 0 Å². The van der Waals surface area contributed by atoms with Crippen molar-refractivity contribution < 1.29 is 4.79 Å². The van der Waals surface area contributed by atoms with Crippen LogP contribution < -0.4 is 5.32 Å². The number of hydrogen-bond donors (Lipinski definition) is 1. The van der Waals surface area contributed by atoms with Gasteiger partial charge < -0.3 is 10.2 Å². The SMILES string of the molecule is CN(Cc1ccccc1Br)C(=O)c1ccc2c(c1)CCN2. The molecule has 1 heterocycles. The first-order chi connectivity index (χ1) is 10.1. The Kier molecular flexibility index (Phi) is 3.97. The summed E-state index contributed by atoms with van der Waals surface area (Å²) in [5.74, 6) is 0.0560. The maximum atomic E-state index is 12.6. The molecule has 0 saturated heterocycles. The highest BCUT2D eigenvalue weighted by Gasteiger charge is 2.16. The van der Waals surface area contributed by atoms with Crippen molar-refractivity contribution in [1.82, 2.24) is 4.90 Å². The van der Waals surface area contributed by atoms with Crippen LogP contribution in [-0.4, -0.2) is 24.4 Å². The molecule has 0 bridgehead atoms. The van der Waals surface area contributed by atoms with Crippen LogP contribution in [0.25, 0.3) is 0 Å². The normalized spacial score (nSPS) is 12.7. The van der Waals surface area contributed by atoms with Gasteiger partial charge in [0.25, 0.3) is 5.91 Å². The number of nitrogens with zero attached hydrogens (tertiary/aromatic N) is 1. The smallest absolute Gasteiger partial charge is 0.253 e. The van der Waals surface area contributed by atoms with E-state index in [2.05, 4.69) is 21.2 Å². The van der Waals surface area contributed by atoms with Crippen LogP contribution in [0.3, 0.4) is 0 Å². The Morgan fingerprint density at radius 2 is 2.10 bits per heavy atom. The van der Waals surface area contributed by atoms with Gasteiger partial charge in [0.05, 0.1) is 0 Å². The summed E-state index contributed by atoms with van der Waals surface area (Å²) >= 11 is 3.52. The van der Waals surface area contributed by atoms with Crippen molar-refractivity contribution in [1.29, 1.82) is 0 Å². The van der Waals surface area contributed by atoms with Crippen molar-refractivity contribution in [2.24, 2.45) is 0 Å². The van der Waals surface area contributed by atoms with E-state index in [0.29, 0.717) is 6.54 Å². The van der Waals surface area contributed by atoms with E-state index >= 15 is 0 Å². The zero-order chi connectivity index (χ0) is 14.8. The van der Waals surface area contributed by atoms with Crippen LogP contribution >= 0.6 is 15.9 Å². The van der Waals surface area contributed by atoms with E-state index in [0.717, 1.165) is 34.3 Å². The summed E-state index contributed by atoms with van der Waals surface area (Å²) in [6, 6.07) is 13.9. The Bertz CT molecular complexity index is 684. The molecule has 0 unspecified atom stereocenters. The van der Waals surface area contributed by atoms with Crippen molar-refractivity contribution >= 4 is 27.5 Å². The van der Waals surface area contributed by atoms with Crippen LogP contribution in [0.1, 0.15) is 21.5 Å². The Balaban J connectivity index is 1.77. The Morgan fingerprint density at radius 3 is 2.90 bits per heavy atom. The Hall–Kier alpha value is -1.81. The first-order valence-corrected chi connectivity index (χ1v) is 7.80. The van der Waals surface area contributed by atoms with Crippen LogP contribution in [0.15, 0.2) is 46.9 Å². The van der Waals surface area contributed by atoms with Crippen LogP contribution in [-0.2, 0) is 13.0 Å². The minimum Gasteiger partial charge on any atom is -0.384 e. The van der Waals surface area contributed by atoms with Crippen LogP contribution in [0.2, 0.25) is 0 Å². The summed E-state index contributed by atoms with van der Waals surface area (Å²) in [7, 11) is 1.84. The first kappa shape index (κ1) is 14.1. The number of hydrogen-bond acceptors (Lipinski definition) is 2. The lowest BCUT2D eigenvalue weighted by atomic mass is 10.1. The molecule has 0 spiro atoms. The number of nitrogens with one attached hydrogen (secondary N) is 1. The molecular weight excluding hydrogens is 328 g/mol. The molecule has 3 nitrogen and oxygen atoms in total. The molecule has 1 N–H and O–H groups in total. The lowest BCUT2D eigenvalue weighted by molar-refractivity contribution is 0.0785. The molecule has 2 aromatic carbocycles. The second kappa shape index (κ2) is 5.90. The predicted octanol–water partition coefficient (Wildman–Crippen LogP) is 3.69. The number of halogens is 1. The molecule has 21 heavy (non-hydrogen) atoms. The van der Waals surface area contributed by atoms with Crippen molar-refractivity contribution in [2.45, 2.75) is 13.0 Å². The Labute approximate surface area is 133 Å². The van der Waals surface area contributed by atoms with E-state index in [1.165, 1.54) is 5.56 Å². The van der Waals surface area contributed by atoms with E-state index < -0.39 is 0 Å². The van der Waals surface area contributed by atoms with E-state index in [9.17, 15) is 4.79 Å². The van der Waals surface area contributed by atoms with Crippen molar-refractivity contribution in [2.75, 3.05) is 18.9 Å². The average Bonchev–Trinajstić information content (AvgIpc) is 2.96. The van der Waals surface area contributed by atoms with Gasteiger partial charge in [-0.05, 0) is 41.8 Å². The quantitative estimate of drug-likeness (QED) is 0.920. The van der Waals surface area contributed by atoms with Crippen LogP contribution in [0.5, 0.6) is 0 Å². The summed E-state index contributed by atoms with van der Waals surface area (Å²) in [6.45, 7) is 1.55. The molecule has 0 fully saturated rings. The molecule has 0 radical (unpaired) electrons. The molecule has 0 aliphatic carbocycles. The lowest BCUT2D eigenvalue weighted by Crippen LogP contribution is -2.26. The zero-order valence-corrected chi connectivity index (χ0v) is 13.5. The van der Waals surface area contributed by atoms with Crippen LogP contribution in [0, 0.1) is 0 Å². The molecule has 1 amide bonds. The molecule has 0 aromatic heterocycles. The lowest BCUT2D eigenvalue weighted by Gasteiger charge is -2.18. The molecule has 108 valence electrons. The third-order valence-electron chi connectivity index (χ3n) is 3.77. The standard InChI is InChI=1S/C17H17BrN2O/c1-20(11-14-4-2-3-5-15(14)18)17(21)13-6-7-16-12(10-13)8-9-19-16/h2-7,10,19H,8-9,11H2,1H3. The van der Waals surface area contributed by atoms with Gasteiger partial charge in [-0.1, -0.05) is 34.1 Å². The fourth-order valence-corrected chi connectivity index (χ4v) is 3.02. The minimum absolute atomic E-state index is 0.0560. The number of carbonyl (C=O) groups is 1. The average molecular weight is 345 g/mol. The van der Waals surface area contributed by atoms with Gasteiger partial charge in [0, 0.05) is 35.9 Å². The summed E-state index contributed by atoms with van der Waals surface area (Å²) in [4.78, 5) is 14.3. The minimum atomic E-state index is 0.0560. The highest BCUT2D eigenvalue weighted by molar-refractivity contribution is 9.10. The van der Waals surface area contributed by atoms with Gasteiger partial charge in [-0.15, -0.1) is 0 Å². The molecule has 2 aromatic rings. The van der Waals surface area contributed by atoms with Gasteiger partial charge in [-0.2, -0.15) is 0 Å². The highest BCUT2D eigenvalue weighted by atomic mass is 79.9. The number of carbonyl (C=O) groups excluding carboxylic acids is 1. The first-order valence-electron chi connectivity index (χ1n) is 7.01. The molecule has 0 atom stereocenters. The molecule has 4 heteroatoms. The summed E-state index contributed by atoms with van der Waals surface area (Å²) in [5.41, 5.74) is 4.25.